The van der Waals surface area contributed by atoms with Gasteiger partial charge in [0, 0.05) is 11.8 Å². The summed E-state index contributed by atoms with van der Waals surface area (Å²) < 4.78 is 1.05. The number of aromatic nitrogens is 2. The Morgan fingerprint density at radius 2 is 2.10 bits per heavy atom. The molecule has 0 fully saturated rings. The van der Waals surface area contributed by atoms with E-state index in [9.17, 15) is 9.90 Å². The number of para-hydroxylation sites is 1. The summed E-state index contributed by atoms with van der Waals surface area (Å²) in [5, 5.41) is 10.1. The van der Waals surface area contributed by atoms with Crippen LogP contribution in [0.5, 0.6) is 0 Å². The average molecular weight is 284 g/mol. The Labute approximate surface area is 119 Å². The molecular weight excluding hydrogens is 272 g/mol. The number of pyridine rings is 1. The molecule has 0 spiro atoms. The van der Waals surface area contributed by atoms with Crippen molar-refractivity contribution in [1.29, 1.82) is 0 Å². The minimum absolute atomic E-state index is 0.0726. The lowest BCUT2D eigenvalue weighted by Gasteiger charge is -2.07. The zero-order valence-corrected chi connectivity index (χ0v) is 11.6. The van der Waals surface area contributed by atoms with Gasteiger partial charge in [-0.05, 0) is 30.2 Å². The van der Waals surface area contributed by atoms with Crippen LogP contribution in [-0.2, 0) is 6.42 Å². The molecule has 100 valence electrons. The molecule has 0 bridgehead atoms. The molecule has 0 atom stereocenters. The standard InChI is InChI=1S/C15H12N2O2S/c1-2-9-7-8-16-13(15(18)19)12(9)14-17-10-5-3-4-6-11(10)20-14/h3-8H,2H2,1H3,(H,18,19). The maximum Gasteiger partial charge on any atom is 0.355 e. The molecule has 1 aromatic carbocycles. The largest absolute Gasteiger partial charge is 0.476 e. The quantitative estimate of drug-likeness (QED) is 0.798. The second-order valence-corrected chi connectivity index (χ2v) is 5.37. The summed E-state index contributed by atoms with van der Waals surface area (Å²) in [6, 6.07) is 9.64. The van der Waals surface area contributed by atoms with E-state index in [0.717, 1.165) is 22.2 Å². The van der Waals surface area contributed by atoms with E-state index in [0.29, 0.717) is 10.6 Å². The second-order valence-electron chi connectivity index (χ2n) is 4.34. The predicted molar refractivity (Wildman–Crippen MR) is 79.2 cm³/mol. The van der Waals surface area contributed by atoms with Gasteiger partial charge in [0.25, 0.3) is 0 Å². The van der Waals surface area contributed by atoms with Crippen molar-refractivity contribution in [3.63, 3.8) is 0 Å². The van der Waals surface area contributed by atoms with Crippen LogP contribution in [-0.4, -0.2) is 21.0 Å². The molecular formula is C15H12N2O2S. The summed E-state index contributed by atoms with van der Waals surface area (Å²) in [6.07, 6.45) is 2.28. The van der Waals surface area contributed by atoms with Crippen LogP contribution in [0.3, 0.4) is 0 Å². The van der Waals surface area contributed by atoms with Crippen LogP contribution in [0.25, 0.3) is 20.8 Å². The summed E-state index contributed by atoms with van der Waals surface area (Å²) in [6.45, 7) is 2.00. The van der Waals surface area contributed by atoms with E-state index in [1.54, 1.807) is 6.20 Å². The lowest BCUT2D eigenvalue weighted by molar-refractivity contribution is 0.0691. The topological polar surface area (TPSA) is 63.1 Å². The van der Waals surface area contributed by atoms with Gasteiger partial charge in [0.2, 0.25) is 0 Å². The molecule has 4 nitrogen and oxygen atoms in total. The van der Waals surface area contributed by atoms with E-state index in [1.165, 1.54) is 11.3 Å². The Bertz CT molecular complexity index is 762. The van der Waals surface area contributed by atoms with Crippen molar-refractivity contribution in [3.8, 4) is 10.6 Å². The lowest BCUT2D eigenvalue weighted by Crippen LogP contribution is -2.05. The van der Waals surface area contributed by atoms with E-state index in [2.05, 4.69) is 9.97 Å². The van der Waals surface area contributed by atoms with Gasteiger partial charge < -0.3 is 5.11 Å². The lowest BCUT2D eigenvalue weighted by atomic mass is 10.0. The fourth-order valence-corrected chi connectivity index (χ4v) is 3.22. The summed E-state index contributed by atoms with van der Waals surface area (Å²) in [4.78, 5) is 19.9. The average Bonchev–Trinajstić information content (AvgIpc) is 2.89. The van der Waals surface area contributed by atoms with Gasteiger partial charge in [-0.2, -0.15) is 0 Å². The summed E-state index contributed by atoms with van der Waals surface area (Å²) in [5.74, 6) is -1.02. The number of thiazole rings is 1. The summed E-state index contributed by atoms with van der Waals surface area (Å²) in [7, 11) is 0. The number of rotatable bonds is 3. The normalized spacial score (nSPS) is 10.8. The Morgan fingerprint density at radius 1 is 1.30 bits per heavy atom. The molecule has 1 N–H and O–H groups in total. The van der Waals surface area contributed by atoms with Crippen LogP contribution in [0.15, 0.2) is 36.5 Å². The van der Waals surface area contributed by atoms with Gasteiger partial charge in [-0.15, -0.1) is 11.3 Å². The van der Waals surface area contributed by atoms with Gasteiger partial charge in [0.1, 0.15) is 5.01 Å². The number of fused-ring (bicyclic) bond motifs is 1. The van der Waals surface area contributed by atoms with Crippen molar-refractivity contribution in [2.24, 2.45) is 0 Å². The van der Waals surface area contributed by atoms with Crippen LogP contribution < -0.4 is 0 Å². The number of carboxylic acid groups (broad SMARTS) is 1. The third-order valence-corrected chi connectivity index (χ3v) is 4.18. The molecule has 3 rings (SSSR count). The molecule has 0 saturated carbocycles. The van der Waals surface area contributed by atoms with Gasteiger partial charge in [-0.25, -0.2) is 14.8 Å². The third-order valence-electron chi connectivity index (χ3n) is 3.13. The van der Waals surface area contributed by atoms with Gasteiger partial charge >= 0.3 is 5.97 Å². The molecule has 0 saturated heterocycles. The van der Waals surface area contributed by atoms with Crippen molar-refractivity contribution in [1.82, 2.24) is 9.97 Å². The first kappa shape index (κ1) is 12.7. The summed E-state index contributed by atoms with van der Waals surface area (Å²) in [5.41, 5.74) is 2.55. The number of carboxylic acids is 1. The van der Waals surface area contributed by atoms with Gasteiger partial charge in [0.05, 0.1) is 10.2 Å². The van der Waals surface area contributed by atoms with E-state index in [4.69, 9.17) is 0 Å². The highest BCUT2D eigenvalue weighted by atomic mass is 32.1. The highest BCUT2D eigenvalue weighted by Gasteiger charge is 2.19. The molecule has 0 aliphatic carbocycles. The molecule has 2 aromatic heterocycles. The van der Waals surface area contributed by atoms with E-state index in [1.807, 2.05) is 37.3 Å². The molecule has 2 heterocycles. The maximum absolute atomic E-state index is 11.4. The van der Waals surface area contributed by atoms with Gasteiger partial charge in [-0.1, -0.05) is 19.1 Å². The molecule has 20 heavy (non-hydrogen) atoms. The molecule has 0 unspecified atom stereocenters. The van der Waals surface area contributed by atoms with Crippen molar-refractivity contribution >= 4 is 27.5 Å². The minimum Gasteiger partial charge on any atom is -0.476 e. The number of hydrogen-bond donors (Lipinski definition) is 1. The molecule has 3 aromatic rings. The van der Waals surface area contributed by atoms with Crippen LogP contribution in [0.4, 0.5) is 0 Å². The number of aromatic carboxylic acids is 1. The van der Waals surface area contributed by atoms with Crippen LogP contribution in [0.2, 0.25) is 0 Å². The van der Waals surface area contributed by atoms with Crippen molar-refractivity contribution in [3.05, 3.63) is 47.8 Å². The predicted octanol–water partition coefficient (Wildman–Crippen LogP) is 3.62. The van der Waals surface area contributed by atoms with E-state index >= 15 is 0 Å². The highest BCUT2D eigenvalue weighted by Crippen LogP contribution is 2.34. The Balaban J connectivity index is 2.29. The van der Waals surface area contributed by atoms with E-state index in [-0.39, 0.29) is 5.69 Å². The Morgan fingerprint density at radius 3 is 2.80 bits per heavy atom. The van der Waals surface area contributed by atoms with E-state index < -0.39 is 5.97 Å². The number of carbonyl (C=O) groups is 1. The van der Waals surface area contributed by atoms with Crippen LogP contribution in [0.1, 0.15) is 23.0 Å². The van der Waals surface area contributed by atoms with Crippen molar-refractivity contribution in [2.45, 2.75) is 13.3 Å². The van der Waals surface area contributed by atoms with Gasteiger partial charge in [-0.3, -0.25) is 0 Å². The van der Waals surface area contributed by atoms with Crippen molar-refractivity contribution < 1.29 is 9.90 Å². The first-order chi connectivity index (χ1) is 9.70. The fourth-order valence-electron chi connectivity index (χ4n) is 2.18. The molecule has 0 amide bonds. The third kappa shape index (κ3) is 2.06. The number of aryl methyl sites for hydroxylation is 1. The van der Waals surface area contributed by atoms with Gasteiger partial charge in [0.15, 0.2) is 5.69 Å². The Kier molecular flexibility index (Phi) is 3.20. The number of nitrogens with zero attached hydrogens (tertiary/aromatic N) is 2. The number of benzene rings is 1. The minimum atomic E-state index is -1.02. The van der Waals surface area contributed by atoms with Crippen LogP contribution in [0, 0.1) is 0 Å². The highest BCUT2D eigenvalue weighted by molar-refractivity contribution is 7.21. The smallest absolute Gasteiger partial charge is 0.355 e. The molecule has 0 aliphatic rings. The first-order valence-corrected chi connectivity index (χ1v) is 7.09. The fraction of sp³-hybridized carbons (Fsp3) is 0.133. The first-order valence-electron chi connectivity index (χ1n) is 6.28. The van der Waals surface area contributed by atoms with Crippen LogP contribution >= 0.6 is 11.3 Å². The molecule has 5 heteroatoms. The monoisotopic (exact) mass is 284 g/mol. The number of hydrogen-bond acceptors (Lipinski definition) is 4. The zero-order chi connectivity index (χ0) is 14.1. The molecule has 0 aliphatic heterocycles. The molecule has 0 radical (unpaired) electrons. The maximum atomic E-state index is 11.4. The summed E-state index contributed by atoms with van der Waals surface area (Å²) >= 11 is 1.50. The zero-order valence-electron chi connectivity index (χ0n) is 10.8. The SMILES string of the molecule is CCc1ccnc(C(=O)O)c1-c1nc2ccccc2s1. The second kappa shape index (κ2) is 5.02. The Hall–Kier alpha value is -2.27. The van der Waals surface area contributed by atoms with Crippen molar-refractivity contribution in [2.75, 3.05) is 0 Å².